The molecule has 6 heteroatoms. The SMILES string of the molecule is COc1ccc(CC2CN(C(=O)c3onc4c3CCCC4)CCO2)cc1. The van der Waals surface area contributed by atoms with Gasteiger partial charge >= 0.3 is 0 Å². The molecule has 6 nitrogen and oxygen atoms in total. The first-order valence-corrected chi connectivity index (χ1v) is 9.26. The second-order valence-corrected chi connectivity index (χ2v) is 6.94. The van der Waals surface area contributed by atoms with Crippen molar-refractivity contribution in [2.45, 2.75) is 38.2 Å². The lowest BCUT2D eigenvalue weighted by Crippen LogP contribution is -2.46. The second-order valence-electron chi connectivity index (χ2n) is 6.94. The van der Waals surface area contributed by atoms with Crippen molar-refractivity contribution < 1.29 is 18.8 Å². The highest BCUT2D eigenvalue weighted by molar-refractivity contribution is 5.93. The Morgan fingerprint density at radius 2 is 2.08 bits per heavy atom. The van der Waals surface area contributed by atoms with Crippen molar-refractivity contribution in [3.63, 3.8) is 0 Å². The fraction of sp³-hybridized carbons (Fsp3) is 0.500. The lowest BCUT2D eigenvalue weighted by Gasteiger charge is -2.32. The van der Waals surface area contributed by atoms with Crippen LogP contribution in [0.15, 0.2) is 28.8 Å². The summed E-state index contributed by atoms with van der Waals surface area (Å²) in [5, 5.41) is 4.11. The van der Waals surface area contributed by atoms with Crippen molar-refractivity contribution in [1.29, 1.82) is 0 Å². The molecule has 1 atom stereocenters. The van der Waals surface area contributed by atoms with Gasteiger partial charge in [-0.1, -0.05) is 17.3 Å². The number of ether oxygens (including phenoxy) is 2. The predicted molar refractivity (Wildman–Crippen MR) is 95.5 cm³/mol. The van der Waals surface area contributed by atoms with Gasteiger partial charge in [0.15, 0.2) is 0 Å². The van der Waals surface area contributed by atoms with Crippen molar-refractivity contribution in [3.05, 3.63) is 46.8 Å². The monoisotopic (exact) mass is 356 g/mol. The molecule has 2 aliphatic rings. The van der Waals surface area contributed by atoms with E-state index in [1.54, 1.807) is 7.11 Å². The maximum atomic E-state index is 12.9. The number of carbonyl (C=O) groups is 1. The molecule has 2 heterocycles. The van der Waals surface area contributed by atoms with Crippen LogP contribution in [0.25, 0.3) is 0 Å². The molecule has 1 aliphatic heterocycles. The Morgan fingerprint density at radius 1 is 1.27 bits per heavy atom. The van der Waals surface area contributed by atoms with Gasteiger partial charge in [-0.2, -0.15) is 0 Å². The molecule has 0 bridgehead atoms. The summed E-state index contributed by atoms with van der Waals surface area (Å²) in [7, 11) is 1.66. The summed E-state index contributed by atoms with van der Waals surface area (Å²) in [5.41, 5.74) is 3.14. The summed E-state index contributed by atoms with van der Waals surface area (Å²) in [5.74, 6) is 1.22. The van der Waals surface area contributed by atoms with Gasteiger partial charge in [-0.15, -0.1) is 0 Å². The van der Waals surface area contributed by atoms with Crippen LogP contribution in [0.2, 0.25) is 0 Å². The van der Waals surface area contributed by atoms with Crippen LogP contribution < -0.4 is 4.74 Å². The minimum Gasteiger partial charge on any atom is -0.497 e. The zero-order chi connectivity index (χ0) is 17.9. The lowest BCUT2D eigenvalue weighted by molar-refractivity contribution is -0.0220. The standard InChI is InChI=1S/C20H24N2O4/c1-24-15-8-6-14(7-9-15)12-16-13-22(10-11-25-16)20(23)19-17-4-2-3-5-18(17)21-26-19/h6-9,16H,2-5,10-13H2,1H3. The third-order valence-corrected chi connectivity index (χ3v) is 5.20. The second kappa shape index (κ2) is 7.50. The fourth-order valence-corrected chi connectivity index (χ4v) is 3.75. The van der Waals surface area contributed by atoms with E-state index in [0.29, 0.717) is 25.5 Å². The highest BCUT2D eigenvalue weighted by Crippen LogP contribution is 2.25. The number of benzene rings is 1. The van der Waals surface area contributed by atoms with E-state index in [1.807, 2.05) is 29.2 Å². The highest BCUT2D eigenvalue weighted by Gasteiger charge is 2.31. The molecule has 2 aromatic rings. The first-order chi connectivity index (χ1) is 12.7. The summed E-state index contributed by atoms with van der Waals surface area (Å²) in [4.78, 5) is 14.8. The number of hydrogen-bond acceptors (Lipinski definition) is 5. The molecule has 26 heavy (non-hydrogen) atoms. The summed E-state index contributed by atoms with van der Waals surface area (Å²) in [6, 6.07) is 7.97. The van der Waals surface area contributed by atoms with Gasteiger partial charge in [-0.05, 0) is 43.4 Å². The van der Waals surface area contributed by atoms with Crippen LogP contribution in [0.3, 0.4) is 0 Å². The van der Waals surface area contributed by atoms with Gasteiger partial charge in [0.05, 0.1) is 25.5 Å². The Balaban J connectivity index is 1.42. The van der Waals surface area contributed by atoms with E-state index in [9.17, 15) is 4.79 Å². The van der Waals surface area contributed by atoms with E-state index < -0.39 is 0 Å². The molecule has 1 saturated heterocycles. The number of methoxy groups -OCH3 is 1. The van der Waals surface area contributed by atoms with E-state index >= 15 is 0 Å². The lowest BCUT2D eigenvalue weighted by atomic mass is 9.95. The number of hydrogen-bond donors (Lipinski definition) is 0. The quantitative estimate of drug-likeness (QED) is 0.843. The highest BCUT2D eigenvalue weighted by atomic mass is 16.5. The van der Waals surface area contributed by atoms with Gasteiger partial charge < -0.3 is 18.9 Å². The third kappa shape index (κ3) is 3.46. The number of nitrogens with zero attached hydrogens (tertiary/aromatic N) is 2. The van der Waals surface area contributed by atoms with Crippen LogP contribution in [0.5, 0.6) is 5.75 Å². The molecule has 1 unspecified atom stereocenters. The Morgan fingerprint density at radius 3 is 2.88 bits per heavy atom. The summed E-state index contributed by atoms with van der Waals surface area (Å²) < 4.78 is 16.5. The molecule has 1 aromatic carbocycles. The zero-order valence-electron chi connectivity index (χ0n) is 15.1. The van der Waals surface area contributed by atoms with Gasteiger partial charge in [-0.3, -0.25) is 4.79 Å². The van der Waals surface area contributed by atoms with Crippen molar-refractivity contribution in [2.75, 3.05) is 26.8 Å². The molecular formula is C20H24N2O4. The predicted octanol–water partition coefficient (Wildman–Crippen LogP) is 2.65. The molecular weight excluding hydrogens is 332 g/mol. The smallest absolute Gasteiger partial charge is 0.292 e. The van der Waals surface area contributed by atoms with Gasteiger partial charge in [-0.25, -0.2) is 0 Å². The normalized spacial score (nSPS) is 19.9. The van der Waals surface area contributed by atoms with Gasteiger partial charge in [0.1, 0.15) is 5.75 Å². The summed E-state index contributed by atoms with van der Waals surface area (Å²) in [6.07, 6.45) is 4.77. The fourth-order valence-electron chi connectivity index (χ4n) is 3.75. The maximum Gasteiger partial charge on any atom is 0.292 e. The first-order valence-electron chi connectivity index (χ1n) is 9.26. The molecule has 1 fully saturated rings. The number of morpholine rings is 1. The largest absolute Gasteiger partial charge is 0.497 e. The van der Waals surface area contributed by atoms with E-state index in [-0.39, 0.29) is 12.0 Å². The van der Waals surface area contributed by atoms with Crippen molar-refractivity contribution in [1.82, 2.24) is 10.1 Å². The number of fused-ring (bicyclic) bond motifs is 1. The number of aromatic nitrogens is 1. The van der Waals surface area contributed by atoms with Crippen LogP contribution in [-0.4, -0.2) is 48.9 Å². The minimum atomic E-state index is -0.0521. The van der Waals surface area contributed by atoms with E-state index in [4.69, 9.17) is 14.0 Å². The molecule has 4 rings (SSSR count). The molecule has 0 saturated carbocycles. The average Bonchev–Trinajstić information content (AvgIpc) is 3.12. The van der Waals surface area contributed by atoms with Crippen LogP contribution in [0.4, 0.5) is 0 Å². The minimum absolute atomic E-state index is 0.0140. The van der Waals surface area contributed by atoms with E-state index in [1.165, 1.54) is 5.56 Å². The van der Waals surface area contributed by atoms with Gasteiger partial charge in [0, 0.05) is 25.1 Å². The maximum absolute atomic E-state index is 12.9. The zero-order valence-corrected chi connectivity index (χ0v) is 15.1. The summed E-state index contributed by atoms with van der Waals surface area (Å²) >= 11 is 0. The average molecular weight is 356 g/mol. The number of amides is 1. The Labute approximate surface area is 153 Å². The van der Waals surface area contributed by atoms with Crippen LogP contribution in [0, 0.1) is 0 Å². The molecule has 138 valence electrons. The van der Waals surface area contributed by atoms with Gasteiger partial charge in [0.2, 0.25) is 5.76 Å². The molecule has 1 amide bonds. The van der Waals surface area contributed by atoms with Crippen molar-refractivity contribution in [3.8, 4) is 5.75 Å². The summed E-state index contributed by atoms with van der Waals surface area (Å²) in [6.45, 7) is 1.71. The van der Waals surface area contributed by atoms with Gasteiger partial charge in [0.25, 0.3) is 5.91 Å². The molecule has 0 spiro atoms. The van der Waals surface area contributed by atoms with Crippen molar-refractivity contribution >= 4 is 5.91 Å². The van der Waals surface area contributed by atoms with Crippen LogP contribution in [-0.2, 0) is 24.0 Å². The number of aryl methyl sites for hydroxylation is 1. The Bertz CT molecular complexity index is 769. The van der Waals surface area contributed by atoms with E-state index in [0.717, 1.165) is 49.1 Å². The molecule has 1 aromatic heterocycles. The Kier molecular flexibility index (Phi) is 4.93. The number of rotatable bonds is 4. The third-order valence-electron chi connectivity index (χ3n) is 5.20. The van der Waals surface area contributed by atoms with Crippen LogP contribution in [0.1, 0.15) is 40.2 Å². The van der Waals surface area contributed by atoms with Crippen molar-refractivity contribution in [2.24, 2.45) is 0 Å². The van der Waals surface area contributed by atoms with E-state index in [2.05, 4.69) is 5.16 Å². The molecule has 0 N–H and O–H groups in total. The first kappa shape index (κ1) is 17.1. The Hall–Kier alpha value is -2.34. The topological polar surface area (TPSA) is 64.8 Å². The molecule has 0 radical (unpaired) electrons. The van der Waals surface area contributed by atoms with Crippen LogP contribution >= 0.6 is 0 Å². The number of carbonyl (C=O) groups excluding carboxylic acids is 1. The molecule has 1 aliphatic carbocycles.